The molecule has 0 unspecified atom stereocenters. The minimum absolute atomic E-state index is 0.178. The highest BCUT2D eigenvalue weighted by Gasteiger charge is 2.18. The van der Waals surface area contributed by atoms with Crippen LogP contribution in [0.3, 0.4) is 0 Å². The third kappa shape index (κ3) is 2.38. The summed E-state index contributed by atoms with van der Waals surface area (Å²) in [6.45, 7) is 1.96. The molecular weight excluding hydrogens is 272 g/mol. The van der Waals surface area contributed by atoms with Crippen LogP contribution in [0, 0.1) is 18.6 Å². The van der Waals surface area contributed by atoms with Crippen molar-refractivity contribution in [3.8, 4) is 22.4 Å². The van der Waals surface area contributed by atoms with Gasteiger partial charge in [0.15, 0.2) is 5.82 Å². The number of anilines is 1. The van der Waals surface area contributed by atoms with Gasteiger partial charge < -0.3 is 5.73 Å². The normalized spacial score (nSPS) is 10.8. The summed E-state index contributed by atoms with van der Waals surface area (Å²) < 4.78 is 27.1. The lowest BCUT2D eigenvalue weighted by Gasteiger charge is -2.07. The Hall–Kier alpha value is -2.69. The van der Waals surface area contributed by atoms with E-state index in [4.69, 9.17) is 5.73 Å². The van der Waals surface area contributed by atoms with Gasteiger partial charge in [-0.2, -0.15) is 5.10 Å². The van der Waals surface area contributed by atoms with Crippen LogP contribution in [0.15, 0.2) is 42.5 Å². The van der Waals surface area contributed by atoms with Crippen molar-refractivity contribution in [1.29, 1.82) is 0 Å². The summed E-state index contributed by atoms with van der Waals surface area (Å²) in [5.41, 5.74) is 9.04. The average molecular weight is 285 g/mol. The van der Waals surface area contributed by atoms with Crippen LogP contribution in [0.1, 0.15) is 5.56 Å². The van der Waals surface area contributed by atoms with E-state index in [1.165, 1.54) is 12.1 Å². The zero-order valence-corrected chi connectivity index (χ0v) is 11.3. The molecule has 0 saturated heterocycles. The fourth-order valence-corrected chi connectivity index (χ4v) is 2.33. The third-order valence-corrected chi connectivity index (χ3v) is 3.30. The van der Waals surface area contributed by atoms with Crippen molar-refractivity contribution in [1.82, 2.24) is 10.2 Å². The number of aromatic nitrogens is 2. The summed E-state index contributed by atoms with van der Waals surface area (Å²) in [7, 11) is 0. The van der Waals surface area contributed by atoms with Gasteiger partial charge in [-0.3, -0.25) is 5.10 Å². The Balaban J connectivity index is 2.22. The van der Waals surface area contributed by atoms with Crippen molar-refractivity contribution in [2.24, 2.45) is 0 Å². The molecule has 106 valence electrons. The summed E-state index contributed by atoms with van der Waals surface area (Å²) in [6, 6.07) is 11.1. The Morgan fingerprint density at radius 3 is 2.62 bits per heavy atom. The summed E-state index contributed by atoms with van der Waals surface area (Å²) in [5.74, 6) is -1.12. The maximum Gasteiger partial charge on any atom is 0.153 e. The van der Waals surface area contributed by atoms with E-state index >= 15 is 0 Å². The quantitative estimate of drug-likeness (QED) is 0.750. The SMILES string of the molecule is Cc1cccc(-c2[nH]nc(N)c2-c2ccc(F)cc2F)c1. The molecule has 0 bridgehead atoms. The number of halogens is 2. The van der Waals surface area contributed by atoms with Gasteiger partial charge in [0.1, 0.15) is 11.6 Å². The van der Waals surface area contributed by atoms with Crippen molar-refractivity contribution in [2.45, 2.75) is 6.92 Å². The van der Waals surface area contributed by atoms with Gasteiger partial charge in [-0.1, -0.05) is 23.8 Å². The first-order valence-corrected chi connectivity index (χ1v) is 6.42. The zero-order valence-electron chi connectivity index (χ0n) is 11.3. The van der Waals surface area contributed by atoms with Gasteiger partial charge in [0.25, 0.3) is 0 Å². The summed E-state index contributed by atoms with van der Waals surface area (Å²) >= 11 is 0. The molecule has 0 spiro atoms. The summed E-state index contributed by atoms with van der Waals surface area (Å²) in [6.07, 6.45) is 0. The molecule has 1 aromatic heterocycles. The number of nitrogens with two attached hydrogens (primary N) is 1. The van der Waals surface area contributed by atoms with Crippen LogP contribution in [0.25, 0.3) is 22.4 Å². The Kier molecular flexibility index (Phi) is 3.17. The van der Waals surface area contributed by atoms with E-state index in [1.807, 2.05) is 31.2 Å². The largest absolute Gasteiger partial charge is 0.382 e. The predicted molar refractivity (Wildman–Crippen MR) is 78.5 cm³/mol. The second-order valence-corrected chi connectivity index (χ2v) is 4.85. The summed E-state index contributed by atoms with van der Waals surface area (Å²) in [4.78, 5) is 0. The molecular formula is C16H13F2N3. The highest BCUT2D eigenvalue weighted by atomic mass is 19.1. The van der Waals surface area contributed by atoms with Crippen molar-refractivity contribution >= 4 is 5.82 Å². The van der Waals surface area contributed by atoms with Crippen LogP contribution in [-0.2, 0) is 0 Å². The van der Waals surface area contributed by atoms with E-state index in [0.29, 0.717) is 11.3 Å². The number of benzene rings is 2. The number of hydrogen-bond donors (Lipinski definition) is 2. The first kappa shape index (κ1) is 13.3. The average Bonchev–Trinajstić information content (AvgIpc) is 2.81. The van der Waals surface area contributed by atoms with Gasteiger partial charge in [-0.15, -0.1) is 0 Å². The Labute approximate surface area is 120 Å². The molecule has 0 aliphatic rings. The van der Waals surface area contributed by atoms with Gasteiger partial charge in [-0.25, -0.2) is 8.78 Å². The smallest absolute Gasteiger partial charge is 0.153 e. The topological polar surface area (TPSA) is 54.7 Å². The highest BCUT2D eigenvalue weighted by Crippen LogP contribution is 2.36. The number of aryl methyl sites for hydroxylation is 1. The van der Waals surface area contributed by atoms with Crippen molar-refractivity contribution in [2.75, 3.05) is 5.73 Å². The maximum atomic E-state index is 14.0. The predicted octanol–water partition coefficient (Wildman–Crippen LogP) is 3.91. The monoisotopic (exact) mass is 285 g/mol. The third-order valence-electron chi connectivity index (χ3n) is 3.30. The van der Waals surface area contributed by atoms with E-state index in [-0.39, 0.29) is 11.4 Å². The van der Waals surface area contributed by atoms with Crippen molar-refractivity contribution in [3.05, 3.63) is 59.7 Å². The van der Waals surface area contributed by atoms with Gasteiger partial charge >= 0.3 is 0 Å². The number of rotatable bonds is 2. The molecule has 0 fully saturated rings. The Morgan fingerprint density at radius 1 is 1.10 bits per heavy atom. The lowest BCUT2D eigenvalue weighted by molar-refractivity contribution is 0.585. The molecule has 21 heavy (non-hydrogen) atoms. The number of H-pyrrole nitrogens is 1. The summed E-state index contributed by atoms with van der Waals surface area (Å²) in [5, 5.41) is 6.78. The minimum atomic E-state index is -0.669. The molecule has 3 aromatic rings. The maximum absolute atomic E-state index is 14.0. The van der Waals surface area contributed by atoms with Crippen molar-refractivity contribution < 1.29 is 8.78 Å². The molecule has 0 aliphatic heterocycles. The molecule has 0 saturated carbocycles. The van der Waals surface area contributed by atoms with Gasteiger partial charge in [0.2, 0.25) is 0 Å². The fraction of sp³-hybridized carbons (Fsp3) is 0.0625. The molecule has 2 aromatic carbocycles. The zero-order chi connectivity index (χ0) is 15.0. The molecule has 3 nitrogen and oxygen atoms in total. The Bertz CT molecular complexity index is 809. The minimum Gasteiger partial charge on any atom is -0.382 e. The molecule has 0 amide bonds. The van der Waals surface area contributed by atoms with E-state index in [2.05, 4.69) is 10.2 Å². The standard InChI is InChI=1S/C16H13F2N3/c1-9-3-2-4-10(7-9)15-14(16(19)21-20-15)12-6-5-11(17)8-13(12)18/h2-8H,1H3,(H3,19,20,21). The van der Waals surface area contributed by atoms with Gasteiger partial charge in [-0.05, 0) is 25.1 Å². The van der Waals surface area contributed by atoms with Crippen LogP contribution in [0.5, 0.6) is 0 Å². The van der Waals surface area contributed by atoms with Crippen molar-refractivity contribution in [3.63, 3.8) is 0 Å². The lowest BCUT2D eigenvalue weighted by Crippen LogP contribution is -1.92. The molecule has 0 radical (unpaired) electrons. The second-order valence-electron chi connectivity index (χ2n) is 4.85. The van der Waals surface area contributed by atoms with Crippen LogP contribution in [0.2, 0.25) is 0 Å². The highest BCUT2D eigenvalue weighted by molar-refractivity contribution is 5.88. The Morgan fingerprint density at radius 2 is 1.90 bits per heavy atom. The number of hydrogen-bond acceptors (Lipinski definition) is 2. The molecule has 1 heterocycles. The van der Waals surface area contributed by atoms with E-state index in [1.54, 1.807) is 0 Å². The fourth-order valence-electron chi connectivity index (χ4n) is 2.33. The van der Waals surface area contributed by atoms with Crippen LogP contribution in [0.4, 0.5) is 14.6 Å². The van der Waals surface area contributed by atoms with Gasteiger partial charge in [0.05, 0.1) is 11.3 Å². The molecule has 3 N–H and O–H groups in total. The second kappa shape index (κ2) is 5.01. The van der Waals surface area contributed by atoms with Crippen LogP contribution >= 0.6 is 0 Å². The number of nitrogen functional groups attached to an aromatic ring is 1. The molecule has 0 aliphatic carbocycles. The first-order chi connectivity index (χ1) is 10.1. The number of nitrogens with zero attached hydrogens (tertiary/aromatic N) is 1. The molecule has 0 atom stereocenters. The van der Waals surface area contributed by atoms with E-state index < -0.39 is 11.6 Å². The molecule has 3 rings (SSSR count). The number of nitrogens with one attached hydrogen (secondary N) is 1. The van der Waals surface area contributed by atoms with Crippen LogP contribution < -0.4 is 5.73 Å². The number of aromatic amines is 1. The lowest BCUT2D eigenvalue weighted by atomic mass is 9.99. The first-order valence-electron chi connectivity index (χ1n) is 6.42. The van der Waals surface area contributed by atoms with E-state index in [0.717, 1.165) is 17.2 Å². The van der Waals surface area contributed by atoms with Crippen LogP contribution in [-0.4, -0.2) is 10.2 Å². The molecule has 5 heteroatoms. The van der Waals surface area contributed by atoms with Gasteiger partial charge in [0, 0.05) is 17.2 Å². The van der Waals surface area contributed by atoms with E-state index in [9.17, 15) is 8.78 Å².